The second-order valence-electron chi connectivity index (χ2n) is 1.13. The molecule has 0 saturated heterocycles. The first-order valence-electron chi connectivity index (χ1n) is 1.85. The molecule has 0 aliphatic heterocycles. The van der Waals surface area contributed by atoms with Gasteiger partial charge in [-0.1, -0.05) is 0 Å². The average Bonchev–Trinajstić information content (AvgIpc) is 1.41. The molecule has 0 unspecified atom stereocenters. The van der Waals surface area contributed by atoms with E-state index in [0.29, 0.717) is 0 Å². The van der Waals surface area contributed by atoms with E-state index in [0.717, 1.165) is 0 Å². The number of hydrogen-bond acceptors (Lipinski definition) is 12. The summed E-state index contributed by atoms with van der Waals surface area (Å²) in [5.41, 5.74) is 0. The van der Waals surface area contributed by atoms with Gasteiger partial charge in [-0.15, -0.1) is 30.7 Å². The second kappa shape index (κ2) is 27.3. The van der Waals surface area contributed by atoms with Gasteiger partial charge < -0.3 is 32.9 Å². The van der Waals surface area contributed by atoms with E-state index in [1.807, 2.05) is 0 Å². The standard InChI is InChI=1S/3ClHO4.6H2O.Tb/c3*2-1(3,4)5;;;;;;;/h3*(H,2,3,4,5);6*1H2;/q;;;;;;;;;+3/p-3. The van der Waals surface area contributed by atoms with Gasteiger partial charge >= 0.3 is 38.6 Å². The molecular formula is H12Cl3O18Tb. The van der Waals surface area contributed by atoms with Crippen LogP contribution in [0.15, 0.2) is 0 Å². The number of halogens is 3. The van der Waals surface area contributed by atoms with E-state index in [-0.39, 0.29) is 71.5 Å². The molecule has 0 bridgehead atoms. The Hall–Kier alpha value is 1.44. The molecule has 0 rings (SSSR count). The van der Waals surface area contributed by atoms with Crippen molar-refractivity contribution >= 4 is 0 Å². The fraction of sp³-hybridized carbons (Fsp3) is 0. The van der Waals surface area contributed by atoms with Crippen LogP contribution < -0.4 is 55.9 Å². The molecule has 0 amide bonds. The van der Waals surface area contributed by atoms with Gasteiger partial charge in [0, 0.05) is 0 Å². The molecule has 0 aliphatic rings. The number of hydrogen-bond donors (Lipinski definition) is 0. The molecule has 12 N–H and O–H groups in total. The Bertz CT molecular complexity index is 93.4. The first-order chi connectivity index (χ1) is 6.00. The van der Waals surface area contributed by atoms with Crippen LogP contribution in [0.3, 0.4) is 0 Å². The molecule has 0 fully saturated rings. The Labute approximate surface area is 157 Å². The predicted octanol–water partition coefficient (Wildman–Crippen LogP) is -19.2. The third-order valence-corrected chi connectivity index (χ3v) is 0. The van der Waals surface area contributed by atoms with Crippen molar-refractivity contribution in [2.24, 2.45) is 0 Å². The summed E-state index contributed by atoms with van der Waals surface area (Å²) in [6, 6.07) is 0. The molecule has 0 aliphatic carbocycles. The Morgan fingerprint density at radius 3 is 0.273 bits per heavy atom. The van der Waals surface area contributed by atoms with Crippen molar-refractivity contribution < 1.29 is 158 Å². The zero-order valence-corrected chi connectivity index (χ0v) is 13.8. The van der Waals surface area contributed by atoms with Gasteiger partial charge in [0.25, 0.3) is 0 Å². The summed E-state index contributed by atoms with van der Waals surface area (Å²) < 4.78 is 102. The molecule has 0 aromatic rings. The van der Waals surface area contributed by atoms with Crippen LogP contribution in [-0.4, -0.2) is 32.9 Å². The minimum absolute atomic E-state index is 0. The molecule has 22 heteroatoms. The molecule has 0 atom stereocenters. The fourth-order valence-electron chi connectivity index (χ4n) is 0. The third kappa shape index (κ3) is 4340. The minimum Gasteiger partial charge on any atom is -0.412 e. The predicted molar refractivity (Wildman–Crippen MR) is 21.7 cm³/mol. The van der Waals surface area contributed by atoms with Crippen molar-refractivity contribution in [2.45, 2.75) is 0 Å². The quantitative estimate of drug-likeness (QED) is 0.264. The minimum atomic E-state index is -4.94. The number of rotatable bonds is 0. The molecule has 150 valence electrons. The smallest absolute Gasteiger partial charge is 0.412 e. The van der Waals surface area contributed by atoms with Crippen LogP contribution >= 0.6 is 0 Å². The summed E-state index contributed by atoms with van der Waals surface area (Å²) in [6.07, 6.45) is 0. The molecule has 0 saturated carbocycles. The Morgan fingerprint density at radius 2 is 0.273 bits per heavy atom. The summed E-state index contributed by atoms with van der Waals surface area (Å²) in [4.78, 5) is 0. The van der Waals surface area contributed by atoms with Gasteiger partial charge in [-0.2, -0.15) is 0 Å². The normalized spacial score (nSPS) is 8.18. The maximum absolute atomic E-state index is 8.49. The molecule has 0 radical (unpaired) electrons. The maximum atomic E-state index is 8.49. The van der Waals surface area contributed by atoms with E-state index in [9.17, 15) is 0 Å². The van der Waals surface area contributed by atoms with Crippen molar-refractivity contribution in [3.63, 3.8) is 0 Å². The molecular weight excluding hydrogens is 553 g/mol. The molecule has 18 nitrogen and oxygen atoms in total. The monoisotopic (exact) mass is 564 g/mol. The van der Waals surface area contributed by atoms with Crippen LogP contribution in [0.5, 0.6) is 0 Å². The Kier molecular flexibility index (Phi) is 81.1. The van der Waals surface area contributed by atoms with Crippen LogP contribution in [0.4, 0.5) is 0 Å². The van der Waals surface area contributed by atoms with Gasteiger partial charge in [0.15, 0.2) is 0 Å². The van der Waals surface area contributed by atoms with Crippen LogP contribution in [0.1, 0.15) is 0 Å². The van der Waals surface area contributed by atoms with E-state index < -0.39 is 30.7 Å². The largest absolute Gasteiger partial charge is 3.00 e. The summed E-state index contributed by atoms with van der Waals surface area (Å²) >= 11 is 0. The van der Waals surface area contributed by atoms with E-state index >= 15 is 0 Å². The first-order valence-corrected chi connectivity index (χ1v) is 5.55. The van der Waals surface area contributed by atoms with Gasteiger partial charge in [0.2, 0.25) is 0 Å². The van der Waals surface area contributed by atoms with Crippen LogP contribution in [-0.2, 0) is 0 Å². The zero-order valence-electron chi connectivity index (χ0n) is 9.37. The van der Waals surface area contributed by atoms with Gasteiger partial charge in [-0.25, -0.2) is 55.9 Å². The van der Waals surface area contributed by atoms with E-state index in [1.54, 1.807) is 0 Å². The van der Waals surface area contributed by atoms with E-state index in [1.165, 1.54) is 0 Å². The molecule has 22 heavy (non-hydrogen) atoms. The van der Waals surface area contributed by atoms with Crippen molar-refractivity contribution in [3.8, 4) is 0 Å². The van der Waals surface area contributed by atoms with Crippen molar-refractivity contribution in [1.29, 1.82) is 0 Å². The van der Waals surface area contributed by atoms with Crippen molar-refractivity contribution in [3.05, 3.63) is 0 Å². The average molecular weight is 565 g/mol. The maximum Gasteiger partial charge on any atom is 3.00 e. The third-order valence-electron chi connectivity index (χ3n) is 0. The van der Waals surface area contributed by atoms with Crippen LogP contribution in [0, 0.1) is 69.3 Å². The Balaban J connectivity index is -0.0000000106. The fourth-order valence-corrected chi connectivity index (χ4v) is 0. The second-order valence-corrected chi connectivity index (χ2v) is 3.40. The van der Waals surface area contributed by atoms with Gasteiger partial charge in [-0.05, 0) is 0 Å². The zero-order chi connectivity index (χ0) is 13.5. The summed E-state index contributed by atoms with van der Waals surface area (Å²) in [7, 11) is -14.8. The summed E-state index contributed by atoms with van der Waals surface area (Å²) in [5, 5.41) is 0. The van der Waals surface area contributed by atoms with Crippen molar-refractivity contribution in [1.82, 2.24) is 0 Å². The topological polar surface area (TPSA) is 466 Å². The summed E-state index contributed by atoms with van der Waals surface area (Å²) in [5.74, 6) is 0. The van der Waals surface area contributed by atoms with E-state index in [4.69, 9.17) is 55.9 Å². The van der Waals surface area contributed by atoms with Gasteiger partial charge in [0.1, 0.15) is 0 Å². The molecule has 0 spiro atoms. The SMILES string of the molecule is O.O.O.O.O.O.[O-][Cl+3]([O-])([O-])[O-].[O-][Cl+3]([O-])([O-])[O-].[O-][Cl+3]([O-])([O-])[O-].[Tb+3]. The first kappa shape index (κ1) is 65.3. The van der Waals surface area contributed by atoms with Crippen molar-refractivity contribution in [2.75, 3.05) is 0 Å². The van der Waals surface area contributed by atoms with E-state index in [2.05, 4.69) is 0 Å². The van der Waals surface area contributed by atoms with Crippen LogP contribution in [0.2, 0.25) is 0 Å². The van der Waals surface area contributed by atoms with Crippen LogP contribution in [0.25, 0.3) is 0 Å². The molecule has 0 aromatic carbocycles. The molecule has 0 aromatic heterocycles. The summed E-state index contributed by atoms with van der Waals surface area (Å²) in [6.45, 7) is 0. The molecule has 0 heterocycles. The Morgan fingerprint density at radius 1 is 0.273 bits per heavy atom. The van der Waals surface area contributed by atoms with Gasteiger partial charge in [-0.3, -0.25) is 0 Å². The van der Waals surface area contributed by atoms with Gasteiger partial charge in [0.05, 0.1) is 0 Å².